The molecule has 5 nitrogen and oxygen atoms in total. The minimum Gasteiger partial charge on any atom is -0.461 e. The lowest BCUT2D eigenvalue weighted by atomic mass is 9.52. The zero-order valence-corrected chi connectivity index (χ0v) is 11.9. The van der Waals surface area contributed by atoms with E-state index in [4.69, 9.17) is 4.74 Å². The molecule has 0 amide bonds. The Bertz CT molecular complexity index is 508. The van der Waals surface area contributed by atoms with Gasteiger partial charge in [0.2, 0.25) is 0 Å². The highest BCUT2D eigenvalue weighted by Crippen LogP contribution is 2.56. The smallest absolute Gasteiger partial charge is 0.309 e. The maximum absolute atomic E-state index is 12.3. The van der Waals surface area contributed by atoms with Crippen molar-refractivity contribution in [2.45, 2.75) is 45.0 Å². The van der Waals surface area contributed by atoms with Crippen LogP contribution in [0.25, 0.3) is 0 Å². The van der Waals surface area contributed by atoms with E-state index in [0.717, 1.165) is 0 Å². The molecule has 1 saturated heterocycles. The molecule has 0 aromatic rings. The Morgan fingerprint density at radius 1 is 1.35 bits per heavy atom. The van der Waals surface area contributed by atoms with Gasteiger partial charge in [-0.1, -0.05) is 13.8 Å². The summed E-state index contributed by atoms with van der Waals surface area (Å²) in [6.45, 7) is 5.10. The van der Waals surface area contributed by atoms with Gasteiger partial charge in [0.05, 0.1) is 17.6 Å². The summed E-state index contributed by atoms with van der Waals surface area (Å²) in [6, 6.07) is 0. The number of aliphatic hydroxyl groups is 2. The molecule has 0 spiro atoms. The van der Waals surface area contributed by atoms with Gasteiger partial charge in [-0.3, -0.25) is 9.59 Å². The fraction of sp³-hybridized carbons (Fsp3) is 0.733. The monoisotopic (exact) mass is 280 g/mol. The highest BCUT2D eigenvalue weighted by molar-refractivity contribution is 5.96. The summed E-state index contributed by atoms with van der Waals surface area (Å²) < 4.78 is 5.42. The molecule has 1 saturated carbocycles. The molecule has 3 aliphatic rings. The zero-order valence-electron chi connectivity index (χ0n) is 11.9. The standard InChI is InChI=1S/C15H20O5/c1-7-10-8(16)6-14(2)9(17)4-5-15(3,19)12(14)11(10)20-13(7)18/h4-5,7-8,10-12,16,19H,6H2,1-3H3/t7-,8-,10+,11-,12+,14-,15-/m0/s1. The van der Waals surface area contributed by atoms with Gasteiger partial charge in [-0.25, -0.2) is 0 Å². The zero-order chi connectivity index (χ0) is 14.9. The molecule has 3 rings (SSSR count). The first-order valence-corrected chi connectivity index (χ1v) is 7.03. The van der Waals surface area contributed by atoms with Crippen molar-refractivity contribution in [3.63, 3.8) is 0 Å². The van der Waals surface area contributed by atoms with Crippen LogP contribution in [0.5, 0.6) is 0 Å². The summed E-state index contributed by atoms with van der Waals surface area (Å²) in [4.78, 5) is 24.1. The number of esters is 1. The molecule has 2 fully saturated rings. The van der Waals surface area contributed by atoms with E-state index in [-0.39, 0.29) is 24.1 Å². The molecule has 2 aliphatic carbocycles. The number of aliphatic hydroxyl groups excluding tert-OH is 1. The lowest BCUT2D eigenvalue weighted by molar-refractivity contribution is -0.180. The number of hydrogen-bond donors (Lipinski definition) is 2. The Morgan fingerprint density at radius 3 is 2.65 bits per heavy atom. The average molecular weight is 280 g/mol. The van der Waals surface area contributed by atoms with E-state index in [0.29, 0.717) is 0 Å². The topological polar surface area (TPSA) is 83.8 Å². The van der Waals surface area contributed by atoms with Crippen molar-refractivity contribution in [2.24, 2.45) is 23.2 Å². The van der Waals surface area contributed by atoms with Crippen LogP contribution in [-0.4, -0.2) is 39.8 Å². The predicted molar refractivity (Wildman–Crippen MR) is 69.5 cm³/mol. The molecule has 2 N–H and O–H groups in total. The lowest BCUT2D eigenvalue weighted by Gasteiger charge is -2.53. The van der Waals surface area contributed by atoms with E-state index < -0.39 is 35.1 Å². The molecule has 110 valence electrons. The number of allylic oxidation sites excluding steroid dienone is 1. The highest BCUT2D eigenvalue weighted by atomic mass is 16.6. The third-order valence-electron chi connectivity index (χ3n) is 5.44. The van der Waals surface area contributed by atoms with Crippen LogP contribution in [-0.2, 0) is 14.3 Å². The molecule has 0 aromatic heterocycles. The Labute approximate surface area is 117 Å². The van der Waals surface area contributed by atoms with Crippen LogP contribution < -0.4 is 0 Å². The van der Waals surface area contributed by atoms with Crippen LogP contribution in [0.15, 0.2) is 12.2 Å². The largest absolute Gasteiger partial charge is 0.461 e. The second-order valence-corrected chi connectivity index (χ2v) is 6.86. The number of rotatable bonds is 0. The second-order valence-electron chi connectivity index (χ2n) is 6.86. The maximum Gasteiger partial charge on any atom is 0.309 e. The van der Waals surface area contributed by atoms with Crippen LogP contribution in [0.3, 0.4) is 0 Å². The Balaban J connectivity index is 2.12. The number of hydrogen-bond acceptors (Lipinski definition) is 5. The van der Waals surface area contributed by atoms with Gasteiger partial charge >= 0.3 is 5.97 Å². The minimum atomic E-state index is -1.23. The molecule has 0 radical (unpaired) electrons. The molecule has 5 heteroatoms. The summed E-state index contributed by atoms with van der Waals surface area (Å²) in [6.07, 6.45) is 1.72. The number of ketones is 1. The van der Waals surface area contributed by atoms with E-state index >= 15 is 0 Å². The van der Waals surface area contributed by atoms with Crippen molar-refractivity contribution < 1.29 is 24.5 Å². The van der Waals surface area contributed by atoms with Gasteiger partial charge in [0.25, 0.3) is 0 Å². The second kappa shape index (κ2) is 3.92. The molecule has 0 unspecified atom stereocenters. The molecular weight excluding hydrogens is 260 g/mol. The van der Waals surface area contributed by atoms with Crippen LogP contribution in [0.2, 0.25) is 0 Å². The van der Waals surface area contributed by atoms with Gasteiger partial charge in [-0.15, -0.1) is 0 Å². The van der Waals surface area contributed by atoms with E-state index in [1.54, 1.807) is 20.8 Å². The molecule has 1 heterocycles. The van der Waals surface area contributed by atoms with Crippen molar-refractivity contribution in [1.82, 2.24) is 0 Å². The summed E-state index contributed by atoms with van der Waals surface area (Å²) in [5, 5.41) is 21.0. The van der Waals surface area contributed by atoms with Gasteiger partial charge in [0, 0.05) is 17.3 Å². The Kier molecular flexibility index (Phi) is 2.70. The van der Waals surface area contributed by atoms with Crippen molar-refractivity contribution >= 4 is 11.8 Å². The van der Waals surface area contributed by atoms with Crippen molar-refractivity contribution in [3.8, 4) is 0 Å². The molecule has 7 atom stereocenters. The SMILES string of the molecule is C[C@@H]1C(=O)O[C@H]2[C@H]1[C@@H](O)C[C@@]1(C)C(=O)C=C[C@](C)(O)[C@H]21. The lowest BCUT2D eigenvalue weighted by Crippen LogP contribution is -2.62. The first-order valence-electron chi connectivity index (χ1n) is 7.03. The number of ether oxygens (including phenoxy) is 1. The van der Waals surface area contributed by atoms with Crippen LogP contribution in [0.1, 0.15) is 27.2 Å². The molecule has 20 heavy (non-hydrogen) atoms. The maximum atomic E-state index is 12.3. The summed E-state index contributed by atoms with van der Waals surface area (Å²) in [7, 11) is 0. The summed E-state index contributed by atoms with van der Waals surface area (Å²) in [5.74, 6) is -1.76. The van der Waals surface area contributed by atoms with Crippen LogP contribution in [0.4, 0.5) is 0 Å². The van der Waals surface area contributed by atoms with Gasteiger partial charge < -0.3 is 14.9 Å². The molecule has 0 bridgehead atoms. The summed E-state index contributed by atoms with van der Waals surface area (Å²) >= 11 is 0. The quantitative estimate of drug-likeness (QED) is 0.629. The van der Waals surface area contributed by atoms with Gasteiger partial charge in [0.15, 0.2) is 5.78 Å². The van der Waals surface area contributed by atoms with Gasteiger partial charge in [-0.2, -0.15) is 0 Å². The molecular formula is C15H20O5. The van der Waals surface area contributed by atoms with E-state index in [1.165, 1.54) is 12.2 Å². The number of fused-ring (bicyclic) bond motifs is 3. The van der Waals surface area contributed by atoms with Crippen molar-refractivity contribution in [2.75, 3.05) is 0 Å². The normalized spacial score (nSPS) is 54.4. The molecule has 0 aromatic carbocycles. The minimum absolute atomic E-state index is 0.123. The first-order chi connectivity index (χ1) is 9.18. The number of carbonyl (C=O) groups is 2. The third kappa shape index (κ3) is 1.56. The average Bonchev–Trinajstić information content (AvgIpc) is 2.60. The highest BCUT2D eigenvalue weighted by Gasteiger charge is 2.65. The molecule has 1 aliphatic heterocycles. The predicted octanol–water partition coefficient (Wildman–Crippen LogP) is 0.441. The van der Waals surface area contributed by atoms with E-state index in [2.05, 4.69) is 0 Å². The van der Waals surface area contributed by atoms with Crippen molar-refractivity contribution in [1.29, 1.82) is 0 Å². The first kappa shape index (κ1) is 13.8. The number of carbonyl (C=O) groups excluding carboxylic acids is 2. The fourth-order valence-corrected chi connectivity index (χ4v) is 4.43. The van der Waals surface area contributed by atoms with Crippen LogP contribution >= 0.6 is 0 Å². The van der Waals surface area contributed by atoms with Gasteiger partial charge in [-0.05, 0) is 25.5 Å². The van der Waals surface area contributed by atoms with E-state index in [9.17, 15) is 19.8 Å². The third-order valence-corrected chi connectivity index (χ3v) is 5.44. The Hall–Kier alpha value is -1.20. The Morgan fingerprint density at radius 2 is 2.00 bits per heavy atom. The fourth-order valence-electron chi connectivity index (χ4n) is 4.43. The van der Waals surface area contributed by atoms with E-state index in [1.807, 2.05) is 0 Å². The van der Waals surface area contributed by atoms with Crippen LogP contribution in [0, 0.1) is 23.2 Å². The van der Waals surface area contributed by atoms with Crippen molar-refractivity contribution in [3.05, 3.63) is 12.2 Å². The summed E-state index contributed by atoms with van der Waals surface area (Å²) in [5.41, 5.74) is -2.13. The van der Waals surface area contributed by atoms with Gasteiger partial charge in [0.1, 0.15) is 6.10 Å².